The Morgan fingerprint density at radius 2 is 1.87 bits per heavy atom. The first-order valence-corrected chi connectivity index (χ1v) is 8.31. The summed E-state index contributed by atoms with van der Waals surface area (Å²) in [5, 5.41) is 19.1. The molecule has 3 rings (SSSR count). The van der Waals surface area contributed by atoms with Gasteiger partial charge >= 0.3 is 0 Å². The molecule has 0 atom stereocenters. The molecule has 0 bridgehead atoms. The summed E-state index contributed by atoms with van der Waals surface area (Å²) in [6.45, 7) is 0. The summed E-state index contributed by atoms with van der Waals surface area (Å²) in [7, 11) is 1.93. The Hall–Kier alpha value is -2.29. The van der Waals surface area contributed by atoms with Gasteiger partial charge in [0, 0.05) is 23.4 Å². The molecule has 0 unspecified atom stereocenters. The zero-order valence-corrected chi connectivity index (χ0v) is 14.0. The number of aromatic nitrogens is 3. The van der Waals surface area contributed by atoms with Crippen LogP contribution in [0.1, 0.15) is 11.1 Å². The molecule has 0 fully saturated rings. The molecule has 0 saturated carbocycles. The van der Waals surface area contributed by atoms with E-state index in [1.807, 2.05) is 60.1 Å². The van der Waals surface area contributed by atoms with Crippen molar-refractivity contribution in [3.8, 4) is 17.5 Å². The highest BCUT2D eigenvalue weighted by molar-refractivity contribution is 7.98. The van der Waals surface area contributed by atoms with Crippen LogP contribution in [0.5, 0.6) is 0 Å². The number of hydrogen-bond acceptors (Lipinski definition) is 4. The van der Waals surface area contributed by atoms with Gasteiger partial charge in [0.2, 0.25) is 0 Å². The second kappa shape index (κ2) is 6.86. The van der Waals surface area contributed by atoms with Crippen LogP contribution in [0.15, 0.2) is 53.7 Å². The third kappa shape index (κ3) is 3.39. The van der Waals surface area contributed by atoms with Crippen molar-refractivity contribution in [3.05, 3.63) is 64.7 Å². The largest absolute Gasteiger partial charge is 0.305 e. The molecule has 0 saturated heterocycles. The highest BCUT2D eigenvalue weighted by Crippen LogP contribution is 2.26. The van der Waals surface area contributed by atoms with E-state index < -0.39 is 0 Å². The maximum atomic E-state index is 9.14. The quantitative estimate of drug-likeness (QED) is 0.664. The first-order chi connectivity index (χ1) is 11.2. The highest BCUT2D eigenvalue weighted by Gasteiger charge is 2.12. The molecule has 0 aliphatic rings. The minimum atomic E-state index is 0.677. The second-order valence-electron chi connectivity index (χ2n) is 4.93. The van der Waals surface area contributed by atoms with Crippen molar-refractivity contribution in [1.82, 2.24) is 14.8 Å². The van der Waals surface area contributed by atoms with E-state index in [-0.39, 0.29) is 0 Å². The summed E-state index contributed by atoms with van der Waals surface area (Å²) in [6.07, 6.45) is 0. The monoisotopic (exact) mass is 340 g/mol. The number of thioether (sulfide) groups is 1. The van der Waals surface area contributed by atoms with Crippen LogP contribution in [0.4, 0.5) is 0 Å². The van der Waals surface area contributed by atoms with E-state index in [1.165, 1.54) is 0 Å². The summed E-state index contributed by atoms with van der Waals surface area (Å²) in [5.41, 5.74) is 2.66. The van der Waals surface area contributed by atoms with Crippen molar-refractivity contribution in [1.29, 1.82) is 5.26 Å². The molecule has 6 heteroatoms. The van der Waals surface area contributed by atoms with E-state index in [0.29, 0.717) is 16.3 Å². The van der Waals surface area contributed by atoms with Crippen LogP contribution in [0.25, 0.3) is 11.4 Å². The molecule has 3 aromatic rings. The second-order valence-corrected chi connectivity index (χ2v) is 6.31. The van der Waals surface area contributed by atoms with Gasteiger partial charge in [-0.15, -0.1) is 10.2 Å². The number of halogens is 1. The van der Waals surface area contributed by atoms with Crippen molar-refractivity contribution >= 4 is 23.4 Å². The SMILES string of the molecule is Cn1c(SCc2ccccc2C#N)nnc1-c1ccc(Cl)cc1. The molecule has 23 heavy (non-hydrogen) atoms. The lowest BCUT2D eigenvalue weighted by molar-refractivity contribution is 0.794. The van der Waals surface area contributed by atoms with E-state index in [1.54, 1.807) is 11.8 Å². The molecule has 0 amide bonds. The van der Waals surface area contributed by atoms with E-state index in [0.717, 1.165) is 22.1 Å². The third-order valence-corrected chi connectivity index (χ3v) is 4.75. The zero-order chi connectivity index (χ0) is 16.2. The Bertz CT molecular complexity index is 865. The van der Waals surface area contributed by atoms with Crippen molar-refractivity contribution in [2.45, 2.75) is 10.9 Å². The smallest absolute Gasteiger partial charge is 0.191 e. The predicted octanol–water partition coefficient (Wildman–Crippen LogP) is 4.30. The Labute approximate surface area is 143 Å². The fourth-order valence-corrected chi connectivity index (χ4v) is 3.23. The molecule has 0 spiro atoms. The first-order valence-electron chi connectivity index (χ1n) is 6.95. The molecule has 0 N–H and O–H groups in total. The summed E-state index contributed by atoms with van der Waals surface area (Å²) in [4.78, 5) is 0. The van der Waals surface area contributed by atoms with Gasteiger partial charge in [0.25, 0.3) is 0 Å². The molecular weight excluding hydrogens is 328 g/mol. The number of hydrogen-bond donors (Lipinski definition) is 0. The molecule has 2 aromatic carbocycles. The lowest BCUT2D eigenvalue weighted by Gasteiger charge is -2.05. The zero-order valence-electron chi connectivity index (χ0n) is 12.4. The molecule has 0 aliphatic heterocycles. The normalized spacial score (nSPS) is 10.5. The molecule has 1 aromatic heterocycles. The predicted molar refractivity (Wildman–Crippen MR) is 92.2 cm³/mol. The molecule has 0 aliphatic carbocycles. The maximum absolute atomic E-state index is 9.14. The Kier molecular flexibility index (Phi) is 4.65. The van der Waals surface area contributed by atoms with Crippen LogP contribution in [-0.2, 0) is 12.8 Å². The van der Waals surface area contributed by atoms with Gasteiger partial charge in [-0.2, -0.15) is 5.26 Å². The fraction of sp³-hybridized carbons (Fsp3) is 0.118. The Morgan fingerprint density at radius 1 is 1.13 bits per heavy atom. The van der Waals surface area contributed by atoms with Gasteiger partial charge in [0.05, 0.1) is 11.6 Å². The van der Waals surface area contributed by atoms with Crippen molar-refractivity contribution in [2.75, 3.05) is 0 Å². The van der Waals surface area contributed by atoms with Crippen LogP contribution in [0, 0.1) is 11.3 Å². The topological polar surface area (TPSA) is 54.5 Å². The average Bonchev–Trinajstić information content (AvgIpc) is 2.95. The molecule has 4 nitrogen and oxygen atoms in total. The van der Waals surface area contributed by atoms with Crippen LogP contribution in [0.3, 0.4) is 0 Å². The summed E-state index contributed by atoms with van der Waals surface area (Å²) < 4.78 is 1.95. The first kappa shape index (κ1) is 15.6. The van der Waals surface area contributed by atoms with Crippen LogP contribution in [0.2, 0.25) is 5.02 Å². The minimum Gasteiger partial charge on any atom is -0.305 e. The summed E-state index contributed by atoms with van der Waals surface area (Å²) >= 11 is 7.48. The Balaban J connectivity index is 1.80. The summed E-state index contributed by atoms with van der Waals surface area (Å²) in [5.74, 6) is 1.47. The molecule has 0 radical (unpaired) electrons. The fourth-order valence-electron chi connectivity index (χ4n) is 2.19. The molecular formula is C17H13ClN4S. The number of nitriles is 1. The van der Waals surface area contributed by atoms with Gasteiger partial charge < -0.3 is 4.57 Å². The lowest BCUT2D eigenvalue weighted by atomic mass is 10.1. The van der Waals surface area contributed by atoms with Gasteiger partial charge in [-0.05, 0) is 35.9 Å². The third-order valence-electron chi connectivity index (χ3n) is 3.43. The van der Waals surface area contributed by atoms with E-state index in [2.05, 4.69) is 16.3 Å². The maximum Gasteiger partial charge on any atom is 0.191 e. The lowest BCUT2D eigenvalue weighted by Crippen LogP contribution is -1.95. The van der Waals surface area contributed by atoms with Crippen LogP contribution < -0.4 is 0 Å². The highest BCUT2D eigenvalue weighted by atomic mass is 35.5. The van der Waals surface area contributed by atoms with Crippen LogP contribution in [-0.4, -0.2) is 14.8 Å². The van der Waals surface area contributed by atoms with Crippen LogP contribution >= 0.6 is 23.4 Å². The van der Waals surface area contributed by atoms with Crippen molar-refractivity contribution < 1.29 is 0 Å². The van der Waals surface area contributed by atoms with Gasteiger partial charge in [0.1, 0.15) is 0 Å². The van der Waals surface area contributed by atoms with E-state index in [4.69, 9.17) is 16.9 Å². The van der Waals surface area contributed by atoms with Gasteiger partial charge in [-0.1, -0.05) is 41.6 Å². The number of rotatable bonds is 4. The minimum absolute atomic E-state index is 0.677. The Morgan fingerprint density at radius 3 is 2.61 bits per heavy atom. The molecule has 1 heterocycles. The van der Waals surface area contributed by atoms with E-state index >= 15 is 0 Å². The summed E-state index contributed by atoms with van der Waals surface area (Å²) in [6, 6.07) is 17.3. The number of benzene rings is 2. The van der Waals surface area contributed by atoms with Gasteiger partial charge in [-0.3, -0.25) is 0 Å². The van der Waals surface area contributed by atoms with E-state index in [9.17, 15) is 0 Å². The van der Waals surface area contributed by atoms with Crippen molar-refractivity contribution in [2.24, 2.45) is 7.05 Å². The average molecular weight is 341 g/mol. The number of nitrogens with zero attached hydrogens (tertiary/aromatic N) is 4. The molecule has 114 valence electrons. The van der Waals surface area contributed by atoms with Crippen molar-refractivity contribution in [3.63, 3.8) is 0 Å². The van der Waals surface area contributed by atoms with Gasteiger partial charge in [0.15, 0.2) is 11.0 Å². The standard InChI is InChI=1S/C17H13ClN4S/c1-22-16(12-6-8-15(18)9-7-12)20-21-17(22)23-11-14-5-3-2-4-13(14)10-19/h2-9H,11H2,1H3. The van der Waals surface area contributed by atoms with Gasteiger partial charge in [-0.25, -0.2) is 0 Å².